The van der Waals surface area contributed by atoms with Crippen LogP contribution in [-0.2, 0) is 0 Å². The van der Waals surface area contributed by atoms with Crippen molar-refractivity contribution in [1.29, 1.82) is 0 Å². The standard InChI is InChI=1S/C16H32N4/c1-14(2)19-8-6-18(7-9-19)10-15(3)20-5-4-16(13-20)11-17-12-16/h14-15,17H,4-13H2,1-3H3. The molecule has 0 aromatic rings. The Bertz CT molecular complexity index is 318. The third kappa shape index (κ3) is 3.03. The summed E-state index contributed by atoms with van der Waals surface area (Å²) in [4.78, 5) is 8.01. The van der Waals surface area contributed by atoms with Crippen molar-refractivity contribution in [3.05, 3.63) is 0 Å². The van der Waals surface area contributed by atoms with Gasteiger partial charge in [-0.1, -0.05) is 0 Å². The van der Waals surface area contributed by atoms with E-state index in [1.807, 2.05) is 0 Å². The van der Waals surface area contributed by atoms with Crippen molar-refractivity contribution in [2.45, 2.75) is 39.3 Å². The molecule has 0 aromatic heterocycles. The molecule has 3 aliphatic rings. The number of hydrogen-bond donors (Lipinski definition) is 1. The number of likely N-dealkylation sites (tertiary alicyclic amines) is 1. The Morgan fingerprint density at radius 2 is 1.65 bits per heavy atom. The van der Waals surface area contributed by atoms with Gasteiger partial charge in [0, 0.05) is 69.9 Å². The lowest BCUT2D eigenvalue weighted by atomic mass is 9.81. The van der Waals surface area contributed by atoms with Gasteiger partial charge in [0.15, 0.2) is 0 Å². The molecule has 4 heteroatoms. The summed E-state index contributed by atoms with van der Waals surface area (Å²) >= 11 is 0. The molecule has 116 valence electrons. The SMILES string of the molecule is CC(C)N1CCN(CC(C)N2CCC3(CNC3)C2)CC1. The molecule has 3 heterocycles. The monoisotopic (exact) mass is 280 g/mol. The zero-order valence-corrected chi connectivity index (χ0v) is 13.6. The van der Waals surface area contributed by atoms with Gasteiger partial charge in [-0.15, -0.1) is 0 Å². The topological polar surface area (TPSA) is 21.8 Å². The summed E-state index contributed by atoms with van der Waals surface area (Å²) in [5, 5.41) is 3.46. The van der Waals surface area contributed by atoms with Gasteiger partial charge in [-0.25, -0.2) is 0 Å². The molecule has 3 saturated heterocycles. The van der Waals surface area contributed by atoms with Gasteiger partial charge in [0.2, 0.25) is 0 Å². The van der Waals surface area contributed by atoms with Crippen molar-refractivity contribution in [2.75, 3.05) is 58.9 Å². The Morgan fingerprint density at radius 1 is 0.950 bits per heavy atom. The summed E-state index contributed by atoms with van der Waals surface area (Å²) in [7, 11) is 0. The van der Waals surface area contributed by atoms with Crippen LogP contribution in [0.2, 0.25) is 0 Å². The summed E-state index contributed by atoms with van der Waals surface area (Å²) in [5.74, 6) is 0. The fraction of sp³-hybridized carbons (Fsp3) is 1.00. The van der Waals surface area contributed by atoms with E-state index in [4.69, 9.17) is 0 Å². The highest BCUT2D eigenvalue weighted by atomic mass is 15.3. The van der Waals surface area contributed by atoms with Crippen LogP contribution in [0, 0.1) is 5.41 Å². The first-order valence-corrected chi connectivity index (χ1v) is 8.49. The van der Waals surface area contributed by atoms with Gasteiger partial charge < -0.3 is 5.32 Å². The number of nitrogens with zero attached hydrogens (tertiary/aromatic N) is 3. The highest BCUT2D eigenvalue weighted by Gasteiger charge is 2.43. The Balaban J connectivity index is 1.42. The van der Waals surface area contributed by atoms with Gasteiger partial charge in [0.05, 0.1) is 0 Å². The van der Waals surface area contributed by atoms with E-state index in [2.05, 4.69) is 40.8 Å². The number of hydrogen-bond acceptors (Lipinski definition) is 4. The van der Waals surface area contributed by atoms with E-state index in [0.29, 0.717) is 11.5 Å². The molecule has 0 amide bonds. The average molecular weight is 280 g/mol. The Kier molecular flexibility index (Phi) is 4.37. The molecule has 1 N–H and O–H groups in total. The Labute approximate surface area is 124 Å². The normalized spacial score (nSPS) is 30.0. The Morgan fingerprint density at radius 3 is 2.15 bits per heavy atom. The van der Waals surface area contributed by atoms with E-state index in [-0.39, 0.29) is 0 Å². The summed E-state index contributed by atoms with van der Waals surface area (Å²) in [6.07, 6.45) is 1.41. The maximum absolute atomic E-state index is 3.46. The van der Waals surface area contributed by atoms with Gasteiger partial charge in [0.1, 0.15) is 0 Å². The molecular weight excluding hydrogens is 248 g/mol. The van der Waals surface area contributed by atoms with Crippen LogP contribution >= 0.6 is 0 Å². The van der Waals surface area contributed by atoms with E-state index >= 15 is 0 Å². The maximum atomic E-state index is 3.46. The van der Waals surface area contributed by atoms with E-state index in [0.717, 1.165) is 6.04 Å². The van der Waals surface area contributed by atoms with Crippen LogP contribution in [0.5, 0.6) is 0 Å². The molecule has 0 radical (unpaired) electrons. The van der Waals surface area contributed by atoms with E-state index in [9.17, 15) is 0 Å². The first kappa shape index (κ1) is 14.8. The molecule has 3 rings (SSSR count). The molecule has 0 aromatic carbocycles. The molecule has 0 aliphatic carbocycles. The fourth-order valence-corrected chi connectivity index (χ4v) is 4.06. The number of piperazine rings is 1. The number of rotatable bonds is 4. The predicted molar refractivity (Wildman–Crippen MR) is 84.1 cm³/mol. The molecule has 1 atom stereocenters. The molecule has 0 saturated carbocycles. The van der Waals surface area contributed by atoms with Crippen LogP contribution in [0.3, 0.4) is 0 Å². The average Bonchev–Trinajstić information content (AvgIpc) is 2.84. The lowest BCUT2D eigenvalue weighted by molar-refractivity contribution is 0.0798. The second-order valence-corrected chi connectivity index (χ2v) is 7.60. The minimum absolute atomic E-state index is 0.643. The molecular formula is C16H32N4. The third-order valence-electron chi connectivity index (χ3n) is 5.75. The van der Waals surface area contributed by atoms with Gasteiger partial charge in [-0.2, -0.15) is 0 Å². The second kappa shape index (κ2) is 5.91. The van der Waals surface area contributed by atoms with Crippen LogP contribution in [0.1, 0.15) is 27.2 Å². The third-order valence-corrected chi connectivity index (χ3v) is 5.75. The lowest BCUT2D eigenvalue weighted by Gasteiger charge is -2.41. The van der Waals surface area contributed by atoms with Gasteiger partial charge >= 0.3 is 0 Å². The van der Waals surface area contributed by atoms with Crippen molar-refractivity contribution in [3.63, 3.8) is 0 Å². The predicted octanol–water partition coefficient (Wildman–Crippen LogP) is 0.696. The summed E-state index contributed by atoms with van der Waals surface area (Å²) in [5.41, 5.74) is 0.643. The molecule has 4 nitrogen and oxygen atoms in total. The smallest absolute Gasteiger partial charge is 0.0195 e. The van der Waals surface area contributed by atoms with Crippen LogP contribution < -0.4 is 5.32 Å². The van der Waals surface area contributed by atoms with Gasteiger partial charge in [-0.3, -0.25) is 14.7 Å². The molecule has 0 bridgehead atoms. The summed E-state index contributed by atoms with van der Waals surface area (Å²) < 4.78 is 0. The van der Waals surface area contributed by atoms with Crippen LogP contribution in [0.15, 0.2) is 0 Å². The highest BCUT2D eigenvalue weighted by molar-refractivity contribution is 5.00. The minimum Gasteiger partial charge on any atom is -0.315 e. The molecule has 1 unspecified atom stereocenters. The van der Waals surface area contributed by atoms with E-state index in [1.165, 1.54) is 65.3 Å². The Hall–Kier alpha value is -0.160. The molecule has 3 aliphatic heterocycles. The van der Waals surface area contributed by atoms with Crippen LogP contribution in [-0.4, -0.2) is 85.7 Å². The zero-order valence-electron chi connectivity index (χ0n) is 13.6. The first-order chi connectivity index (χ1) is 9.58. The van der Waals surface area contributed by atoms with E-state index < -0.39 is 0 Å². The first-order valence-electron chi connectivity index (χ1n) is 8.49. The molecule has 3 fully saturated rings. The van der Waals surface area contributed by atoms with E-state index in [1.54, 1.807) is 0 Å². The van der Waals surface area contributed by atoms with Crippen LogP contribution in [0.4, 0.5) is 0 Å². The maximum Gasteiger partial charge on any atom is 0.0195 e. The van der Waals surface area contributed by atoms with Gasteiger partial charge in [0.25, 0.3) is 0 Å². The highest BCUT2D eigenvalue weighted by Crippen LogP contribution is 2.34. The summed E-state index contributed by atoms with van der Waals surface area (Å²) in [6.45, 7) is 18.5. The second-order valence-electron chi connectivity index (χ2n) is 7.60. The largest absolute Gasteiger partial charge is 0.315 e. The fourth-order valence-electron chi connectivity index (χ4n) is 4.06. The quantitative estimate of drug-likeness (QED) is 0.818. The van der Waals surface area contributed by atoms with Gasteiger partial charge in [-0.05, 0) is 33.7 Å². The summed E-state index contributed by atoms with van der Waals surface area (Å²) in [6, 6.07) is 1.43. The van der Waals surface area contributed by atoms with Crippen molar-refractivity contribution in [3.8, 4) is 0 Å². The lowest BCUT2D eigenvalue weighted by Crippen LogP contribution is -2.56. The van der Waals surface area contributed by atoms with Crippen molar-refractivity contribution >= 4 is 0 Å². The van der Waals surface area contributed by atoms with Crippen molar-refractivity contribution in [1.82, 2.24) is 20.0 Å². The van der Waals surface area contributed by atoms with Crippen molar-refractivity contribution in [2.24, 2.45) is 5.41 Å². The molecule has 20 heavy (non-hydrogen) atoms. The minimum atomic E-state index is 0.643. The number of nitrogens with one attached hydrogen (secondary N) is 1. The zero-order chi connectivity index (χ0) is 14.2. The molecule has 1 spiro atoms. The van der Waals surface area contributed by atoms with Crippen LogP contribution in [0.25, 0.3) is 0 Å². The van der Waals surface area contributed by atoms with Crippen molar-refractivity contribution < 1.29 is 0 Å².